The second-order valence-electron chi connectivity index (χ2n) is 6.12. The maximum atomic E-state index is 6.17. The number of hydrogen-bond donors (Lipinski definition) is 1. The van der Waals surface area contributed by atoms with E-state index in [9.17, 15) is 0 Å². The number of likely N-dealkylation sites (N-methyl/N-ethyl adjacent to an activating group) is 1. The first kappa shape index (κ1) is 14.5. The highest BCUT2D eigenvalue weighted by atomic mass is 16.5. The van der Waals surface area contributed by atoms with Crippen LogP contribution in [0.15, 0.2) is 30.3 Å². The van der Waals surface area contributed by atoms with Crippen molar-refractivity contribution in [3.63, 3.8) is 0 Å². The maximum absolute atomic E-state index is 6.17. The van der Waals surface area contributed by atoms with E-state index in [-0.39, 0.29) is 0 Å². The first-order chi connectivity index (χ1) is 9.19. The predicted molar refractivity (Wildman–Crippen MR) is 80.2 cm³/mol. The lowest BCUT2D eigenvalue weighted by molar-refractivity contribution is -0.00846. The fourth-order valence-corrected chi connectivity index (χ4v) is 3.27. The Bertz CT molecular complexity index is 355. The minimum Gasteiger partial charge on any atom is -0.376 e. The SMILES string of the molecule is CNC(COC1CC(C)CC(C)C1)c1ccccc1. The molecule has 2 nitrogen and oxygen atoms in total. The molecule has 19 heavy (non-hydrogen) atoms. The summed E-state index contributed by atoms with van der Waals surface area (Å²) in [7, 11) is 2.01. The van der Waals surface area contributed by atoms with Crippen molar-refractivity contribution in [3.05, 3.63) is 35.9 Å². The van der Waals surface area contributed by atoms with E-state index in [1.54, 1.807) is 0 Å². The van der Waals surface area contributed by atoms with Crippen LogP contribution in [0.1, 0.15) is 44.7 Å². The molecule has 3 unspecified atom stereocenters. The number of nitrogens with one attached hydrogen (secondary N) is 1. The van der Waals surface area contributed by atoms with Gasteiger partial charge in [0.15, 0.2) is 0 Å². The van der Waals surface area contributed by atoms with Gasteiger partial charge in [-0.1, -0.05) is 44.2 Å². The fraction of sp³-hybridized carbons (Fsp3) is 0.647. The van der Waals surface area contributed by atoms with Gasteiger partial charge in [0, 0.05) is 0 Å². The van der Waals surface area contributed by atoms with Gasteiger partial charge in [-0.2, -0.15) is 0 Å². The Balaban J connectivity index is 1.86. The normalized spacial score (nSPS) is 29.1. The van der Waals surface area contributed by atoms with Crippen molar-refractivity contribution >= 4 is 0 Å². The Morgan fingerprint density at radius 2 is 1.74 bits per heavy atom. The summed E-state index contributed by atoms with van der Waals surface area (Å²) in [6.07, 6.45) is 4.23. The first-order valence-electron chi connectivity index (χ1n) is 7.52. The molecule has 1 aromatic rings. The van der Waals surface area contributed by atoms with Gasteiger partial charge in [0.1, 0.15) is 0 Å². The van der Waals surface area contributed by atoms with Crippen LogP contribution in [-0.2, 0) is 4.74 Å². The van der Waals surface area contributed by atoms with Crippen LogP contribution in [0, 0.1) is 11.8 Å². The van der Waals surface area contributed by atoms with Crippen LogP contribution in [0.3, 0.4) is 0 Å². The molecule has 1 N–H and O–H groups in total. The van der Waals surface area contributed by atoms with Crippen LogP contribution in [0.2, 0.25) is 0 Å². The van der Waals surface area contributed by atoms with Gasteiger partial charge in [-0.25, -0.2) is 0 Å². The van der Waals surface area contributed by atoms with Crippen LogP contribution >= 0.6 is 0 Å². The van der Waals surface area contributed by atoms with Gasteiger partial charge in [0.2, 0.25) is 0 Å². The molecular weight excluding hydrogens is 234 g/mol. The Labute approximate surface area is 117 Å². The molecule has 1 fully saturated rings. The zero-order chi connectivity index (χ0) is 13.7. The van der Waals surface area contributed by atoms with Gasteiger partial charge in [0.05, 0.1) is 18.8 Å². The van der Waals surface area contributed by atoms with E-state index in [0.29, 0.717) is 12.1 Å². The molecule has 1 saturated carbocycles. The Morgan fingerprint density at radius 1 is 1.11 bits per heavy atom. The molecule has 1 aliphatic rings. The zero-order valence-electron chi connectivity index (χ0n) is 12.4. The van der Waals surface area contributed by atoms with Crippen molar-refractivity contribution < 1.29 is 4.74 Å². The number of ether oxygens (including phenoxy) is 1. The minimum absolute atomic E-state index is 0.300. The van der Waals surface area contributed by atoms with Crippen LogP contribution in [-0.4, -0.2) is 19.8 Å². The smallest absolute Gasteiger partial charge is 0.0665 e. The van der Waals surface area contributed by atoms with Crippen LogP contribution in [0.4, 0.5) is 0 Å². The predicted octanol–water partition coefficient (Wildman–Crippen LogP) is 3.79. The molecule has 0 aliphatic heterocycles. The molecular formula is C17H27NO. The van der Waals surface area contributed by atoms with Crippen molar-refractivity contribution in [1.82, 2.24) is 5.32 Å². The lowest BCUT2D eigenvalue weighted by atomic mass is 9.82. The summed E-state index contributed by atoms with van der Waals surface area (Å²) < 4.78 is 6.17. The van der Waals surface area contributed by atoms with Crippen molar-refractivity contribution in [3.8, 4) is 0 Å². The molecule has 0 amide bonds. The lowest BCUT2D eigenvalue weighted by Gasteiger charge is -2.32. The molecule has 0 radical (unpaired) electrons. The summed E-state index contributed by atoms with van der Waals surface area (Å²) in [6.45, 7) is 5.46. The van der Waals surface area contributed by atoms with Crippen LogP contribution in [0.5, 0.6) is 0 Å². The van der Waals surface area contributed by atoms with Gasteiger partial charge >= 0.3 is 0 Å². The second-order valence-corrected chi connectivity index (χ2v) is 6.12. The van der Waals surface area contributed by atoms with Crippen molar-refractivity contribution in [2.45, 2.75) is 45.3 Å². The standard InChI is InChI=1S/C17H27NO/c1-13-9-14(2)11-16(10-13)19-12-17(18-3)15-7-5-4-6-8-15/h4-8,13-14,16-18H,9-12H2,1-3H3. The molecule has 0 saturated heterocycles. The van der Waals surface area contributed by atoms with E-state index >= 15 is 0 Å². The van der Waals surface area contributed by atoms with Gasteiger partial charge in [-0.3, -0.25) is 0 Å². The molecule has 0 bridgehead atoms. The highest BCUT2D eigenvalue weighted by Gasteiger charge is 2.25. The molecule has 2 heteroatoms. The Hall–Kier alpha value is -0.860. The molecule has 3 atom stereocenters. The average molecular weight is 261 g/mol. The van der Waals surface area contributed by atoms with E-state index in [1.807, 2.05) is 7.05 Å². The third-order valence-electron chi connectivity index (χ3n) is 4.18. The van der Waals surface area contributed by atoms with Crippen molar-refractivity contribution in [1.29, 1.82) is 0 Å². The molecule has 0 aromatic heterocycles. The molecule has 1 aliphatic carbocycles. The summed E-state index contributed by atoms with van der Waals surface area (Å²) in [6, 6.07) is 10.9. The minimum atomic E-state index is 0.300. The monoisotopic (exact) mass is 261 g/mol. The number of rotatable bonds is 5. The molecule has 2 rings (SSSR count). The average Bonchev–Trinajstić information content (AvgIpc) is 2.39. The summed E-state index contributed by atoms with van der Waals surface area (Å²) >= 11 is 0. The van der Waals surface area contributed by atoms with E-state index < -0.39 is 0 Å². The maximum Gasteiger partial charge on any atom is 0.0665 e. The van der Waals surface area contributed by atoms with Crippen LogP contribution in [0.25, 0.3) is 0 Å². The fourth-order valence-electron chi connectivity index (χ4n) is 3.27. The molecule has 0 heterocycles. The van der Waals surface area contributed by atoms with Gasteiger partial charge in [0.25, 0.3) is 0 Å². The van der Waals surface area contributed by atoms with E-state index in [0.717, 1.165) is 18.4 Å². The molecule has 0 spiro atoms. The van der Waals surface area contributed by atoms with Gasteiger partial charge < -0.3 is 10.1 Å². The first-order valence-corrected chi connectivity index (χ1v) is 7.52. The van der Waals surface area contributed by atoms with E-state index in [1.165, 1.54) is 24.8 Å². The summed E-state index contributed by atoms with van der Waals surface area (Å²) in [5.74, 6) is 1.61. The van der Waals surface area contributed by atoms with E-state index in [4.69, 9.17) is 4.74 Å². The Kier molecular flexibility index (Phi) is 5.41. The highest BCUT2D eigenvalue weighted by Crippen LogP contribution is 2.30. The highest BCUT2D eigenvalue weighted by molar-refractivity contribution is 5.18. The van der Waals surface area contributed by atoms with Crippen LogP contribution < -0.4 is 5.32 Å². The van der Waals surface area contributed by atoms with Crippen molar-refractivity contribution in [2.24, 2.45) is 11.8 Å². The summed E-state index contributed by atoms with van der Waals surface area (Å²) in [4.78, 5) is 0. The number of benzene rings is 1. The lowest BCUT2D eigenvalue weighted by Crippen LogP contribution is -2.30. The summed E-state index contributed by atoms with van der Waals surface area (Å²) in [5.41, 5.74) is 1.31. The largest absolute Gasteiger partial charge is 0.376 e. The quantitative estimate of drug-likeness (QED) is 0.870. The number of hydrogen-bond acceptors (Lipinski definition) is 2. The summed E-state index contributed by atoms with van der Waals surface area (Å²) in [5, 5.41) is 3.36. The Morgan fingerprint density at radius 3 is 2.32 bits per heavy atom. The van der Waals surface area contributed by atoms with E-state index in [2.05, 4.69) is 49.5 Å². The molecule has 106 valence electrons. The molecule has 1 aromatic carbocycles. The second kappa shape index (κ2) is 7.06. The third kappa shape index (κ3) is 4.32. The van der Waals surface area contributed by atoms with Gasteiger partial charge in [-0.05, 0) is 43.7 Å². The zero-order valence-corrected chi connectivity index (χ0v) is 12.4. The third-order valence-corrected chi connectivity index (χ3v) is 4.18. The van der Waals surface area contributed by atoms with Gasteiger partial charge in [-0.15, -0.1) is 0 Å². The van der Waals surface area contributed by atoms with Crippen molar-refractivity contribution in [2.75, 3.05) is 13.7 Å². The topological polar surface area (TPSA) is 21.3 Å².